The highest BCUT2D eigenvalue weighted by molar-refractivity contribution is 5.46. The molecule has 1 N–H and O–H groups in total. The van der Waals surface area contributed by atoms with E-state index in [1.165, 1.54) is 38.3 Å². The average Bonchev–Trinajstić information content (AvgIpc) is 2.97. The van der Waals surface area contributed by atoms with Gasteiger partial charge < -0.3 is 10.2 Å². The van der Waals surface area contributed by atoms with E-state index in [4.69, 9.17) is 0 Å². The summed E-state index contributed by atoms with van der Waals surface area (Å²) in [4.78, 5) is 5.22. The lowest BCUT2D eigenvalue weighted by Gasteiger charge is -2.40. The Labute approximate surface area is 116 Å². The molecule has 3 rings (SSSR count). The van der Waals surface area contributed by atoms with Crippen LogP contribution in [0.25, 0.3) is 0 Å². The van der Waals surface area contributed by atoms with Gasteiger partial charge in [0.05, 0.1) is 0 Å². The number of nitrogens with zero attached hydrogens (tertiary/aromatic N) is 2. The molecule has 0 amide bonds. The van der Waals surface area contributed by atoms with Crippen LogP contribution in [0.2, 0.25) is 0 Å². The fourth-order valence-electron chi connectivity index (χ4n) is 3.51. The quantitative estimate of drug-likeness (QED) is 0.893. The number of hydrogen-bond acceptors (Lipinski definition) is 3. The first kappa shape index (κ1) is 12.9. The van der Waals surface area contributed by atoms with Crippen LogP contribution in [0.4, 0.5) is 5.69 Å². The van der Waals surface area contributed by atoms with Gasteiger partial charge in [-0.25, -0.2) is 0 Å². The third-order valence-corrected chi connectivity index (χ3v) is 4.73. The zero-order valence-electron chi connectivity index (χ0n) is 11.9. The predicted molar refractivity (Wildman–Crippen MR) is 80.7 cm³/mol. The van der Waals surface area contributed by atoms with Gasteiger partial charge >= 0.3 is 0 Å². The van der Waals surface area contributed by atoms with Gasteiger partial charge in [0.15, 0.2) is 0 Å². The molecule has 3 nitrogen and oxygen atoms in total. The van der Waals surface area contributed by atoms with Gasteiger partial charge in [0.2, 0.25) is 0 Å². The van der Waals surface area contributed by atoms with E-state index >= 15 is 0 Å². The summed E-state index contributed by atoms with van der Waals surface area (Å²) in [7, 11) is 0. The van der Waals surface area contributed by atoms with Gasteiger partial charge in [-0.1, -0.05) is 31.5 Å². The van der Waals surface area contributed by atoms with Gasteiger partial charge in [0, 0.05) is 44.5 Å². The molecule has 1 aromatic carbocycles. The van der Waals surface area contributed by atoms with Crippen LogP contribution in [0.5, 0.6) is 0 Å². The summed E-state index contributed by atoms with van der Waals surface area (Å²) in [5, 5.41) is 3.56. The first-order valence-corrected chi connectivity index (χ1v) is 7.63. The maximum atomic E-state index is 3.56. The number of hydrogen-bond donors (Lipinski definition) is 1. The van der Waals surface area contributed by atoms with E-state index in [2.05, 4.69) is 52.4 Å². The van der Waals surface area contributed by atoms with Gasteiger partial charge in [-0.15, -0.1) is 0 Å². The van der Waals surface area contributed by atoms with Crippen molar-refractivity contribution in [3.05, 3.63) is 30.3 Å². The highest BCUT2D eigenvalue weighted by Crippen LogP contribution is 2.22. The van der Waals surface area contributed by atoms with Crippen LogP contribution < -0.4 is 10.2 Å². The zero-order valence-corrected chi connectivity index (χ0v) is 11.9. The maximum absolute atomic E-state index is 3.56. The number of benzene rings is 1. The lowest BCUT2D eigenvalue weighted by atomic mass is 9.98. The standard InChI is InChI=1S/C16H25N3/c1-2-14-12-17-13-16(14)19-10-8-18(9-11-19)15-6-4-3-5-7-15/h3-7,14,16-17H,2,8-13H2,1H3. The second-order valence-corrected chi connectivity index (χ2v) is 5.75. The number of para-hydroxylation sites is 1. The largest absolute Gasteiger partial charge is 0.369 e. The molecule has 2 atom stereocenters. The summed E-state index contributed by atoms with van der Waals surface area (Å²) >= 11 is 0. The number of rotatable bonds is 3. The van der Waals surface area contributed by atoms with E-state index < -0.39 is 0 Å². The summed E-state index contributed by atoms with van der Waals surface area (Å²) in [6, 6.07) is 11.6. The van der Waals surface area contributed by atoms with E-state index in [1.54, 1.807) is 0 Å². The molecule has 2 aliphatic rings. The molecular weight excluding hydrogens is 234 g/mol. The molecule has 2 unspecified atom stereocenters. The highest BCUT2D eigenvalue weighted by Gasteiger charge is 2.32. The fourth-order valence-corrected chi connectivity index (χ4v) is 3.51. The van der Waals surface area contributed by atoms with E-state index in [-0.39, 0.29) is 0 Å². The second kappa shape index (κ2) is 5.93. The minimum atomic E-state index is 0.767. The predicted octanol–water partition coefficient (Wildman–Crippen LogP) is 1.81. The van der Waals surface area contributed by atoms with Gasteiger partial charge in [-0.3, -0.25) is 4.90 Å². The Balaban J connectivity index is 1.58. The first-order valence-electron chi connectivity index (χ1n) is 7.63. The Morgan fingerprint density at radius 1 is 1.05 bits per heavy atom. The lowest BCUT2D eigenvalue weighted by molar-refractivity contribution is 0.160. The molecule has 0 aliphatic carbocycles. The topological polar surface area (TPSA) is 18.5 Å². The van der Waals surface area contributed by atoms with Gasteiger partial charge in [-0.2, -0.15) is 0 Å². The number of nitrogens with one attached hydrogen (secondary N) is 1. The summed E-state index contributed by atoms with van der Waals surface area (Å²) in [5.41, 5.74) is 1.37. The molecule has 2 heterocycles. The van der Waals surface area contributed by atoms with Crippen LogP contribution in [0.1, 0.15) is 13.3 Å². The smallest absolute Gasteiger partial charge is 0.0367 e. The van der Waals surface area contributed by atoms with Crippen molar-refractivity contribution in [3.63, 3.8) is 0 Å². The number of piperazine rings is 1. The van der Waals surface area contributed by atoms with E-state index in [9.17, 15) is 0 Å². The zero-order chi connectivity index (χ0) is 13.1. The minimum absolute atomic E-state index is 0.767. The van der Waals surface area contributed by atoms with Crippen molar-refractivity contribution in [1.29, 1.82) is 0 Å². The maximum Gasteiger partial charge on any atom is 0.0367 e. The van der Waals surface area contributed by atoms with Crippen LogP contribution in [-0.2, 0) is 0 Å². The van der Waals surface area contributed by atoms with Gasteiger partial charge in [0.25, 0.3) is 0 Å². The molecule has 0 aromatic heterocycles. The lowest BCUT2D eigenvalue weighted by Crippen LogP contribution is -2.52. The molecule has 2 saturated heterocycles. The Hall–Kier alpha value is -1.06. The minimum Gasteiger partial charge on any atom is -0.369 e. The Kier molecular flexibility index (Phi) is 4.04. The molecule has 0 radical (unpaired) electrons. The Morgan fingerprint density at radius 3 is 2.47 bits per heavy atom. The number of anilines is 1. The normalized spacial score (nSPS) is 28.8. The van der Waals surface area contributed by atoms with Crippen molar-refractivity contribution < 1.29 is 0 Å². The summed E-state index contributed by atoms with van der Waals surface area (Å²) < 4.78 is 0. The molecule has 0 saturated carbocycles. The molecule has 2 fully saturated rings. The van der Waals surface area contributed by atoms with Crippen molar-refractivity contribution in [2.45, 2.75) is 19.4 Å². The third kappa shape index (κ3) is 2.77. The van der Waals surface area contributed by atoms with Crippen molar-refractivity contribution in [2.24, 2.45) is 5.92 Å². The fraction of sp³-hybridized carbons (Fsp3) is 0.625. The van der Waals surface area contributed by atoms with Crippen LogP contribution in [0.3, 0.4) is 0 Å². The summed E-state index contributed by atoms with van der Waals surface area (Å²) in [6.45, 7) is 9.46. The SMILES string of the molecule is CCC1CNCC1N1CCN(c2ccccc2)CC1. The third-order valence-electron chi connectivity index (χ3n) is 4.73. The van der Waals surface area contributed by atoms with Crippen molar-refractivity contribution in [1.82, 2.24) is 10.2 Å². The summed E-state index contributed by atoms with van der Waals surface area (Å²) in [5.74, 6) is 0.850. The van der Waals surface area contributed by atoms with Crippen molar-refractivity contribution >= 4 is 5.69 Å². The van der Waals surface area contributed by atoms with Gasteiger partial charge in [0.1, 0.15) is 0 Å². The van der Waals surface area contributed by atoms with Gasteiger partial charge in [-0.05, 0) is 24.6 Å². The molecule has 1 aromatic rings. The molecule has 19 heavy (non-hydrogen) atoms. The van der Waals surface area contributed by atoms with Crippen molar-refractivity contribution in [2.75, 3.05) is 44.2 Å². The molecular formula is C16H25N3. The molecule has 3 heteroatoms. The first-order chi connectivity index (χ1) is 9.38. The van der Waals surface area contributed by atoms with E-state index in [1.807, 2.05) is 0 Å². The highest BCUT2D eigenvalue weighted by atomic mass is 15.3. The van der Waals surface area contributed by atoms with Crippen LogP contribution in [0, 0.1) is 5.92 Å². The second-order valence-electron chi connectivity index (χ2n) is 5.75. The average molecular weight is 259 g/mol. The molecule has 2 aliphatic heterocycles. The Bertz CT molecular complexity index is 384. The van der Waals surface area contributed by atoms with Crippen LogP contribution >= 0.6 is 0 Å². The van der Waals surface area contributed by atoms with Crippen LogP contribution in [0.15, 0.2) is 30.3 Å². The molecule has 0 spiro atoms. The van der Waals surface area contributed by atoms with E-state index in [0.29, 0.717) is 0 Å². The Morgan fingerprint density at radius 2 is 1.79 bits per heavy atom. The van der Waals surface area contributed by atoms with Crippen molar-refractivity contribution in [3.8, 4) is 0 Å². The summed E-state index contributed by atoms with van der Waals surface area (Å²) in [6.07, 6.45) is 1.30. The van der Waals surface area contributed by atoms with Crippen LogP contribution in [-0.4, -0.2) is 50.2 Å². The monoisotopic (exact) mass is 259 g/mol. The van der Waals surface area contributed by atoms with E-state index in [0.717, 1.165) is 25.0 Å². The molecule has 0 bridgehead atoms. The molecule has 104 valence electrons.